The highest BCUT2D eigenvalue weighted by molar-refractivity contribution is 7.18. The van der Waals surface area contributed by atoms with Crippen molar-refractivity contribution in [2.75, 3.05) is 6.54 Å². The van der Waals surface area contributed by atoms with Crippen LogP contribution in [0.1, 0.15) is 21.3 Å². The fourth-order valence-electron chi connectivity index (χ4n) is 2.08. The van der Waals surface area contributed by atoms with Gasteiger partial charge in [0.1, 0.15) is 0 Å². The minimum absolute atomic E-state index is 0.176. The molecule has 6 heteroatoms. The van der Waals surface area contributed by atoms with Crippen LogP contribution in [0.4, 0.5) is 0 Å². The van der Waals surface area contributed by atoms with Crippen molar-refractivity contribution in [1.82, 2.24) is 5.32 Å². The first-order valence-electron chi connectivity index (χ1n) is 6.33. The van der Waals surface area contributed by atoms with Crippen molar-refractivity contribution in [1.29, 1.82) is 0 Å². The fourth-order valence-corrected chi connectivity index (χ4v) is 4.05. The Hall–Kier alpha value is -1.40. The number of hydrogen-bond acceptors (Lipinski definition) is 4. The zero-order valence-electron chi connectivity index (χ0n) is 10.9. The second-order valence-corrected chi connectivity index (χ2v) is 7.14. The third-order valence-electron chi connectivity index (χ3n) is 3.12. The van der Waals surface area contributed by atoms with Crippen LogP contribution in [0.5, 0.6) is 0 Å². The van der Waals surface area contributed by atoms with E-state index in [0.717, 1.165) is 15.6 Å². The Morgan fingerprint density at radius 2 is 2.10 bits per heavy atom. The molecule has 21 heavy (non-hydrogen) atoms. The van der Waals surface area contributed by atoms with E-state index in [-0.39, 0.29) is 12.5 Å². The Morgan fingerprint density at radius 3 is 2.86 bits per heavy atom. The van der Waals surface area contributed by atoms with Gasteiger partial charge in [0.25, 0.3) is 5.91 Å². The van der Waals surface area contributed by atoms with Gasteiger partial charge in [0.15, 0.2) is 0 Å². The molecule has 0 aliphatic heterocycles. The van der Waals surface area contributed by atoms with E-state index >= 15 is 0 Å². The lowest BCUT2D eigenvalue weighted by molar-refractivity contribution is 0.0921. The molecule has 3 nitrogen and oxygen atoms in total. The van der Waals surface area contributed by atoms with Gasteiger partial charge in [-0.3, -0.25) is 4.79 Å². The standard InChI is InChI=1S/C15H12ClNO2S2/c16-14-6-5-13(21-14)15(19)17-7-11(18)10-8-20-12-4-2-1-3-9(10)12/h1-6,8,11,18H,7H2,(H,17,19)/t11-/m0/s1. The summed E-state index contributed by atoms with van der Waals surface area (Å²) in [5.41, 5.74) is 0.847. The van der Waals surface area contributed by atoms with E-state index in [0.29, 0.717) is 9.21 Å². The molecule has 0 saturated heterocycles. The molecular formula is C15H12ClNO2S2. The second kappa shape index (κ2) is 6.15. The summed E-state index contributed by atoms with van der Waals surface area (Å²) >= 11 is 8.61. The summed E-state index contributed by atoms with van der Waals surface area (Å²) in [5, 5.41) is 16.0. The van der Waals surface area contributed by atoms with Crippen molar-refractivity contribution in [3.05, 3.63) is 56.6 Å². The van der Waals surface area contributed by atoms with Crippen molar-refractivity contribution in [2.45, 2.75) is 6.10 Å². The first-order chi connectivity index (χ1) is 10.1. The van der Waals surface area contributed by atoms with E-state index in [4.69, 9.17) is 11.6 Å². The number of thiophene rings is 2. The van der Waals surface area contributed by atoms with E-state index in [2.05, 4.69) is 5.32 Å². The Balaban J connectivity index is 1.69. The maximum Gasteiger partial charge on any atom is 0.261 e. The molecular weight excluding hydrogens is 326 g/mol. The predicted octanol–water partition coefficient (Wildman–Crippen LogP) is 4.08. The SMILES string of the molecule is O=C(NC[C@H](O)c1csc2ccccc12)c1ccc(Cl)s1. The van der Waals surface area contributed by atoms with Crippen LogP contribution >= 0.6 is 34.3 Å². The highest BCUT2D eigenvalue weighted by Crippen LogP contribution is 2.30. The number of fused-ring (bicyclic) bond motifs is 1. The molecule has 0 bridgehead atoms. The first kappa shape index (κ1) is 14.5. The van der Waals surface area contributed by atoms with Gasteiger partial charge in [-0.1, -0.05) is 29.8 Å². The molecule has 1 atom stereocenters. The molecule has 0 spiro atoms. The van der Waals surface area contributed by atoms with Crippen molar-refractivity contribution in [3.8, 4) is 0 Å². The predicted molar refractivity (Wildman–Crippen MR) is 88.4 cm³/mol. The lowest BCUT2D eigenvalue weighted by atomic mass is 10.1. The number of amides is 1. The van der Waals surface area contributed by atoms with Crippen LogP contribution in [-0.4, -0.2) is 17.6 Å². The van der Waals surface area contributed by atoms with Gasteiger partial charge in [-0.25, -0.2) is 0 Å². The monoisotopic (exact) mass is 337 g/mol. The van der Waals surface area contributed by atoms with Gasteiger partial charge < -0.3 is 10.4 Å². The van der Waals surface area contributed by atoms with Crippen LogP contribution in [0.2, 0.25) is 4.34 Å². The summed E-state index contributed by atoms with van der Waals surface area (Å²) in [6, 6.07) is 11.3. The van der Waals surface area contributed by atoms with Gasteiger partial charge in [-0.2, -0.15) is 0 Å². The molecule has 2 N–H and O–H groups in total. The summed E-state index contributed by atoms with van der Waals surface area (Å²) in [6.07, 6.45) is -0.722. The van der Waals surface area contributed by atoms with Crippen LogP contribution in [-0.2, 0) is 0 Å². The third-order valence-corrected chi connectivity index (χ3v) is 5.33. The van der Waals surface area contributed by atoms with Crippen LogP contribution in [0.15, 0.2) is 41.8 Å². The van der Waals surface area contributed by atoms with Gasteiger partial charge in [0.05, 0.1) is 15.3 Å². The maximum absolute atomic E-state index is 11.9. The summed E-state index contributed by atoms with van der Waals surface area (Å²) in [4.78, 5) is 12.5. The normalized spacial score (nSPS) is 12.5. The lowest BCUT2D eigenvalue weighted by Crippen LogP contribution is -2.27. The largest absolute Gasteiger partial charge is 0.387 e. The smallest absolute Gasteiger partial charge is 0.261 e. The lowest BCUT2D eigenvalue weighted by Gasteiger charge is -2.11. The van der Waals surface area contributed by atoms with E-state index in [1.165, 1.54) is 11.3 Å². The highest BCUT2D eigenvalue weighted by Gasteiger charge is 2.15. The van der Waals surface area contributed by atoms with Crippen LogP contribution in [0.25, 0.3) is 10.1 Å². The first-order valence-corrected chi connectivity index (χ1v) is 8.40. The molecule has 0 fully saturated rings. The third kappa shape index (κ3) is 3.11. The van der Waals surface area contributed by atoms with Gasteiger partial charge >= 0.3 is 0 Å². The number of hydrogen-bond donors (Lipinski definition) is 2. The molecule has 1 amide bonds. The number of aliphatic hydroxyl groups excluding tert-OH is 1. The number of benzene rings is 1. The average molecular weight is 338 g/mol. The van der Waals surface area contributed by atoms with Crippen LogP contribution in [0.3, 0.4) is 0 Å². The molecule has 3 rings (SSSR count). The topological polar surface area (TPSA) is 49.3 Å². The molecule has 3 aromatic rings. The molecule has 1 aromatic carbocycles. The Bertz CT molecular complexity index is 781. The van der Waals surface area contributed by atoms with Crippen molar-refractivity contribution in [2.24, 2.45) is 0 Å². The fraction of sp³-hybridized carbons (Fsp3) is 0.133. The van der Waals surface area contributed by atoms with Crippen LogP contribution in [0, 0.1) is 0 Å². The summed E-state index contributed by atoms with van der Waals surface area (Å²) < 4.78 is 1.70. The zero-order valence-corrected chi connectivity index (χ0v) is 13.3. The Labute approximate surface area is 134 Å². The summed E-state index contributed by atoms with van der Waals surface area (Å²) in [5.74, 6) is -0.217. The number of nitrogens with one attached hydrogen (secondary N) is 1. The molecule has 2 heterocycles. The van der Waals surface area contributed by atoms with Crippen molar-refractivity contribution >= 4 is 50.3 Å². The summed E-state index contributed by atoms with van der Waals surface area (Å²) in [6.45, 7) is 0.176. The molecule has 2 aromatic heterocycles. The second-order valence-electron chi connectivity index (χ2n) is 4.52. The van der Waals surface area contributed by atoms with Crippen molar-refractivity contribution < 1.29 is 9.90 Å². The zero-order chi connectivity index (χ0) is 14.8. The van der Waals surface area contributed by atoms with Gasteiger partial charge in [0.2, 0.25) is 0 Å². The van der Waals surface area contributed by atoms with E-state index in [9.17, 15) is 9.90 Å². The van der Waals surface area contributed by atoms with Gasteiger partial charge in [-0.05, 0) is 29.0 Å². The quantitative estimate of drug-likeness (QED) is 0.753. The number of rotatable bonds is 4. The molecule has 0 aliphatic carbocycles. The van der Waals surface area contributed by atoms with E-state index < -0.39 is 6.10 Å². The molecule has 0 unspecified atom stereocenters. The van der Waals surface area contributed by atoms with Gasteiger partial charge in [0, 0.05) is 16.8 Å². The minimum atomic E-state index is -0.722. The van der Waals surface area contributed by atoms with Crippen LogP contribution < -0.4 is 5.32 Å². The molecule has 0 radical (unpaired) electrons. The van der Waals surface area contributed by atoms with Gasteiger partial charge in [-0.15, -0.1) is 22.7 Å². The molecule has 0 saturated carbocycles. The molecule has 0 aliphatic rings. The Morgan fingerprint density at radius 1 is 1.29 bits per heavy atom. The molecule has 108 valence electrons. The summed E-state index contributed by atoms with van der Waals surface area (Å²) in [7, 11) is 0. The van der Waals surface area contributed by atoms with Crippen molar-refractivity contribution in [3.63, 3.8) is 0 Å². The Kier molecular flexibility index (Phi) is 4.26. The maximum atomic E-state index is 11.9. The van der Waals surface area contributed by atoms with E-state index in [1.807, 2.05) is 29.6 Å². The number of carbonyl (C=O) groups excluding carboxylic acids is 1. The minimum Gasteiger partial charge on any atom is -0.387 e. The highest BCUT2D eigenvalue weighted by atomic mass is 35.5. The van der Waals surface area contributed by atoms with E-state index in [1.54, 1.807) is 23.5 Å². The number of carbonyl (C=O) groups is 1. The number of halogens is 1. The average Bonchev–Trinajstić information content (AvgIpc) is 3.10. The number of aliphatic hydroxyl groups is 1.